The fraction of sp³-hybridized carbons (Fsp3) is 0.550. The van der Waals surface area contributed by atoms with Crippen LogP contribution < -0.4 is 0 Å². The van der Waals surface area contributed by atoms with Gasteiger partial charge >= 0.3 is 5.97 Å². The maximum absolute atomic E-state index is 12.9. The minimum atomic E-state index is -0.831. The summed E-state index contributed by atoms with van der Waals surface area (Å²) < 4.78 is 0. The minimum absolute atomic E-state index is 0.00245. The van der Waals surface area contributed by atoms with Crippen LogP contribution in [0.4, 0.5) is 0 Å². The number of hydrogen-bond acceptors (Lipinski definition) is 3. The van der Waals surface area contributed by atoms with Crippen LogP contribution in [0.15, 0.2) is 24.3 Å². The Bertz CT molecular complexity index is 686. The fourth-order valence-corrected chi connectivity index (χ4v) is 3.88. The molecule has 1 N–H and O–H groups in total. The normalized spacial score (nSPS) is 23.6. The number of likely N-dealkylation sites (tertiary alicyclic amines) is 2. The first-order valence-corrected chi connectivity index (χ1v) is 9.33. The number of hydrogen-bond donors (Lipinski definition) is 1. The Morgan fingerprint density at radius 2 is 1.50 bits per heavy atom. The SMILES string of the molecule is Cc1ccc(C(=O)N2CCCC(C(=O)N3CCCC(C(=O)O)C3)C2)cc1. The first-order chi connectivity index (χ1) is 12.5. The Kier molecular flexibility index (Phi) is 5.59. The van der Waals surface area contributed by atoms with E-state index in [4.69, 9.17) is 0 Å². The summed E-state index contributed by atoms with van der Waals surface area (Å²) in [6.45, 7) is 3.96. The highest BCUT2D eigenvalue weighted by Gasteiger charge is 2.35. The lowest BCUT2D eigenvalue weighted by atomic mass is 9.92. The Balaban J connectivity index is 1.64. The molecule has 0 bridgehead atoms. The third kappa shape index (κ3) is 4.06. The number of amides is 2. The van der Waals surface area contributed by atoms with Gasteiger partial charge in [-0.05, 0) is 44.7 Å². The summed E-state index contributed by atoms with van der Waals surface area (Å²) in [6, 6.07) is 7.48. The second-order valence-electron chi connectivity index (χ2n) is 7.42. The number of piperidine rings is 2. The molecule has 0 spiro atoms. The zero-order valence-electron chi connectivity index (χ0n) is 15.2. The van der Waals surface area contributed by atoms with Crippen molar-refractivity contribution in [3.05, 3.63) is 35.4 Å². The van der Waals surface area contributed by atoms with Gasteiger partial charge in [-0.15, -0.1) is 0 Å². The van der Waals surface area contributed by atoms with E-state index in [9.17, 15) is 19.5 Å². The molecular formula is C20H26N2O4. The van der Waals surface area contributed by atoms with E-state index < -0.39 is 11.9 Å². The fourth-order valence-electron chi connectivity index (χ4n) is 3.88. The molecule has 2 saturated heterocycles. The number of carboxylic acid groups (broad SMARTS) is 1. The van der Waals surface area contributed by atoms with Gasteiger partial charge in [0.25, 0.3) is 5.91 Å². The molecule has 0 aliphatic carbocycles. The molecule has 2 amide bonds. The Morgan fingerprint density at radius 3 is 2.15 bits per heavy atom. The average molecular weight is 358 g/mol. The van der Waals surface area contributed by atoms with Crippen LogP contribution in [0.1, 0.15) is 41.6 Å². The molecule has 26 heavy (non-hydrogen) atoms. The molecule has 0 radical (unpaired) electrons. The molecule has 140 valence electrons. The van der Waals surface area contributed by atoms with E-state index in [1.54, 1.807) is 9.80 Å². The standard InChI is InChI=1S/C20H26N2O4/c1-14-6-8-15(9-7-14)18(23)21-10-2-4-16(12-21)19(24)22-11-3-5-17(13-22)20(25)26/h6-9,16-17H,2-5,10-13H2,1H3,(H,25,26). The smallest absolute Gasteiger partial charge is 0.308 e. The number of rotatable bonds is 3. The minimum Gasteiger partial charge on any atom is -0.481 e. The van der Waals surface area contributed by atoms with Gasteiger partial charge in [0.15, 0.2) is 0 Å². The summed E-state index contributed by atoms with van der Waals surface area (Å²) in [4.78, 5) is 40.3. The van der Waals surface area contributed by atoms with Gasteiger partial charge in [0.1, 0.15) is 0 Å². The number of carboxylic acids is 1. The lowest BCUT2D eigenvalue weighted by Gasteiger charge is -2.37. The molecule has 0 saturated carbocycles. The predicted octanol–water partition coefficient (Wildman–Crippen LogP) is 2.17. The largest absolute Gasteiger partial charge is 0.481 e. The van der Waals surface area contributed by atoms with Crippen LogP contribution in [-0.4, -0.2) is 58.9 Å². The van der Waals surface area contributed by atoms with E-state index >= 15 is 0 Å². The number of carbonyl (C=O) groups is 3. The molecule has 2 heterocycles. The molecule has 6 heteroatoms. The molecule has 1 aromatic carbocycles. The maximum Gasteiger partial charge on any atom is 0.308 e. The molecular weight excluding hydrogens is 332 g/mol. The Hall–Kier alpha value is -2.37. The highest BCUT2D eigenvalue weighted by Crippen LogP contribution is 2.24. The summed E-state index contributed by atoms with van der Waals surface area (Å²) in [6.07, 6.45) is 2.90. The van der Waals surface area contributed by atoms with E-state index in [2.05, 4.69) is 0 Å². The summed E-state index contributed by atoms with van der Waals surface area (Å²) >= 11 is 0. The van der Waals surface area contributed by atoms with Crippen LogP contribution in [0.25, 0.3) is 0 Å². The zero-order chi connectivity index (χ0) is 18.7. The molecule has 6 nitrogen and oxygen atoms in total. The van der Waals surface area contributed by atoms with Gasteiger partial charge in [-0.2, -0.15) is 0 Å². The van der Waals surface area contributed by atoms with E-state index in [-0.39, 0.29) is 24.3 Å². The van der Waals surface area contributed by atoms with Crippen molar-refractivity contribution in [3.8, 4) is 0 Å². The molecule has 2 aliphatic heterocycles. The number of benzene rings is 1. The number of aryl methyl sites for hydroxylation is 1. The van der Waals surface area contributed by atoms with Gasteiger partial charge in [-0.1, -0.05) is 17.7 Å². The summed E-state index contributed by atoms with van der Waals surface area (Å²) in [5.74, 6) is -1.57. The van der Waals surface area contributed by atoms with Gasteiger partial charge in [-0.3, -0.25) is 14.4 Å². The van der Waals surface area contributed by atoms with E-state index in [1.807, 2.05) is 31.2 Å². The molecule has 2 atom stereocenters. The van der Waals surface area contributed by atoms with E-state index in [0.29, 0.717) is 31.6 Å². The quantitative estimate of drug-likeness (QED) is 0.898. The molecule has 1 aromatic rings. The van der Waals surface area contributed by atoms with Crippen molar-refractivity contribution in [1.82, 2.24) is 9.80 Å². The van der Waals surface area contributed by atoms with Crippen LogP contribution in [0, 0.1) is 18.8 Å². The lowest BCUT2D eigenvalue weighted by Crippen LogP contribution is -2.50. The van der Waals surface area contributed by atoms with E-state index in [0.717, 1.165) is 24.8 Å². The Morgan fingerprint density at radius 1 is 0.923 bits per heavy atom. The van der Waals surface area contributed by atoms with Crippen LogP contribution >= 0.6 is 0 Å². The van der Waals surface area contributed by atoms with Crippen molar-refractivity contribution in [1.29, 1.82) is 0 Å². The second kappa shape index (κ2) is 7.89. The van der Waals surface area contributed by atoms with Crippen LogP contribution in [-0.2, 0) is 9.59 Å². The maximum atomic E-state index is 12.9. The average Bonchev–Trinajstić information content (AvgIpc) is 2.67. The van der Waals surface area contributed by atoms with Crippen molar-refractivity contribution in [2.24, 2.45) is 11.8 Å². The topological polar surface area (TPSA) is 77.9 Å². The first kappa shape index (κ1) is 18.4. The highest BCUT2D eigenvalue weighted by atomic mass is 16.4. The first-order valence-electron chi connectivity index (χ1n) is 9.33. The van der Waals surface area contributed by atoms with Crippen molar-refractivity contribution in [3.63, 3.8) is 0 Å². The van der Waals surface area contributed by atoms with Crippen LogP contribution in [0.3, 0.4) is 0 Å². The number of aliphatic carboxylic acids is 1. The van der Waals surface area contributed by atoms with Gasteiger partial charge in [0, 0.05) is 31.7 Å². The highest BCUT2D eigenvalue weighted by molar-refractivity contribution is 5.94. The van der Waals surface area contributed by atoms with Crippen LogP contribution in [0.2, 0.25) is 0 Å². The summed E-state index contributed by atoms with van der Waals surface area (Å²) in [5.41, 5.74) is 1.75. The molecule has 2 fully saturated rings. The van der Waals surface area contributed by atoms with Crippen molar-refractivity contribution < 1.29 is 19.5 Å². The third-order valence-corrected chi connectivity index (χ3v) is 5.44. The van der Waals surface area contributed by atoms with E-state index in [1.165, 1.54) is 0 Å². The monoisotopic (exact) mass is 358 g/mol. The third-order valence-electron chi connectivity index (χ3n) is 5.44. The second-order valence-corrected chi connectivity index (χ2v) is 7.42. The summed E-state index contributed by atoms with van der Waals surface area (Å²) in [5, 5.41) is 9.22. The molecule has 2 unspecified atom stereocenters. The van der Waals surface area contributed by atoms with Gasteiger partial charge in [0.2, 0.25) is 5.91 Å². The predicted molar refractivity (Wildman–Crippen MR) is 96.7 cm³/mol. The lowest BCUT2D eigenvalue weighted by molar-refractivity contribution is -0.147. The van der Waals surface area contributed by atoms with Gasteiger partial charge < -0.3 is 14.9 Å². The van der Waals surface area contributed by atoms with Gasteiger partial charge in [-0.25, -0.2) is 0 Å². The number of nitrogens with zero attached hydrogens (tertiary/aromatic N) is 2. The van der Waals surface area contributed by atoms with Crippen molar-refractivity contribution in [2.45, 2.75) is 32.6 Å². The van der Waals surface area contributed by atoms with Crippen molar-refractivity contribution >= 4 is 17.8 Å². The van der Waals surface area contributed by atoms with Gasteiger partial charge in [0.05, 0.1) is 11.8 Å². The number of carbonyl (C=O) groups excluding carboxylic acids is 2. The molecule has 3 rings (SSSR count). The Labute approximate surface area is 153 Å². The zero-order valence-corrected chi connectivity index (χ0v) is 15.2. The van der Waals surface area contributed by atoms with Crippen molar-refractivity contribution in [2.75, 3.05) is 26.2 Å². The molecule has 0 aromatic heterocycles. The summed E-state index contributed by atoms with van der Waals surface area (Å²) in [7, 11) is 0. The molecule has 2 aliphatic rings. The van der Waals surface area contributed by atoms with Crippen LogP contribution in [0.5, 0.6) is 0 Å².